The molecule has 24 heavy (non-hydrogen) atoms. The van der Waals surface area contributed by atoms with Gasteiger partial charge in [0.2, 0.25) is 0 Å². The minimum absolute atomic E-state index is 0.142. The Morgan fingerprint density at radius 2 is 2.17 bits per heavy atom. The van der Waals surface area contributed by atoms with Crippen LogP contribution in [-0.4, -0.2) is 48.2 Å². The highest BCUT2D eigenvalue weighted by Crippen LogP contribution is 2.12. The Balaban J connectivity index is 2.86. The number of carboxylic acid groups (broad SMARTS) is 1. The predicted molar refractivity (Wildman–Crippen MR) is 89.6 cm³/mol. The molecule has 1 aromatic carbocycles. The van der Waals surface area contributed by atoms with Crippen LogP contribution in [0.4, 0.5) is 0 Å². The maximum Gasteiger partial charge on any atom is 0.308 e. The number of hydrogen-bond acceptors (Lipinski definition) is 4. The van der Waals surface area contributed by atoms with Crippen molar-refractivity contribution in [2.75, 3.05) is 26.3 Å². The number of rotatable bonds is 10. The average molecular weight is 332 g/mol. The van der Waals surface area contributed by atoms with E-state index in [9.17, 15) is 9.59 Å². The molecular weight excluding hydrogens is 308 g/mol. The normalized spacial score (nSPS) is 11.5. The highest BCUT2D eigenvalue weighted by atomic mass is 16.5. The molecule has 0 aromatic heterocycles. The first kappa shape index (κ1) is 19.7. The molecule has 0 spiro atoms. The highest BCUT2D eigenvalue weighted by molar-refractivity contribution is 5.94. The lowest BCUT2D eigenvalue weighted by Crippen LogP contribution is -2.38. The average Bonchev–Trinajstić information content (AvgIpc) is 2.57. The van der Waals surface area contributed by atoms with Crippen LogP contribution in [0.1, 0.15) is 36.2 Å². The third-order valence-electron chi connectivity index (χ3n) is 3.58. The van der Waals surface area contributed by atoms with E-state index in [4.69, 9.17) is 15.1 Å². The quantitative estimate of drug-likeness (QED) is 0.664. The van der Waals surface area contributed by atoms with E-state index in [1.165, 1.54) is 0 Å². The van der Waals surface area contributed by atoms with E-state index in [-0.39, 0.29) is 18.9 Å². The number of amides is 1. The van der Waals surface area contributed by atoms with Crippen LogP contribution in [-0.2, 0) is 16.0 Å². The van der Waals surface area contributed by atoms with E-state index in [0.717, 1.165) is 5.56 Å². The summed E-state index contributed by atoms with van der Waals surface area (Å²) >= 11 is 0. The number of ether oxygens (including phenoxy) is 1. The van der Waals surface area contributed by atoms with Gasteiger partial charge in [0, 0.05) is 31.9 Å². The lowest BCUT2D eigenvalue weighted by atomic mass is 10.1. The molecule has 1 aromatic rings. The Bertz CT molecular complexity index is 595. The largest absolute Gasteiger partial charge is 0.481 e. The Hall–Kier alpha value is -2.39. The van der Waals surface area contributed by atoms with Crippen LogP contribution in [0.15, 0.2) is 24.3 Å². The topological polar surface area (TPSA) is 90.6 Å². The van der Waals surface area contributed by atoms with Crippen molar-refractivity contribution >= 4 is 11.9 Å². The summed E-state index contributed by atoms with van der Waals surface area (Å²) in [4.78, 5) is 25.4. The molecule has 0 saturated heterocycles. The van der Waals surface area contributed by atoms with Gasteiger partial charge in [0.25, 0.3) is 5.91 Å². The SMILES string of the molecule is CCOCCCN(CC(C)C(=O)O)C(=O)c1cccc(CC#N)c1. The molecule has 0 fully saturated rings. The Morgan fingerprint density at radius 1 is 1.42 bits per heavy atom. The molecule has 1 rings (SSSR count). The Labute approximate surface area is 142 Å². The van der Waals surface area contributed by atoms with Gasteiger partial charge in [0.1, 0.15) is 0 Å². The molecule has 0 aliphatic carbocycles. The van der Waals surface area contributed by atoms with Crippen molar-refractivity contribution in [3.8, 4) is 6.07 Å². The standard InChI is InChI=1S/C18H24N2O4/c1-3-24-11-5-10-20(13-14(2)18(22)23)17(21)16-7-4-6-15(12-16)8-9-19/h4,6-7,12,14H,3,5,8,10-11,13H2,1-2H3,(H,22,23). The van der Waals surface area contributed by atoms with Gasteiger partial charge < -0.3 is 14.7 Å². The maximum atomic E-state index is 12.7. The molecule has 0 radical (unpaired) electrons. The second-order valence-corrected chi connectivity index (χ2v) is 5.58. The fraction of sp³-hybridized carbons (Fsp3) is 0.500. The van der Waals surface area contributed by atoms with E-state index in [1.54, 1.807) is 36.1 Å². The minimum atomic E-state index is -0.934. The minimum Gasteiger partial charge on any atom is -0.481 e. The number of hydrogen-bond donors (Lipinski definition) is 1. The molecule has 6 nitrogen and oxygen atoms in total. The van der Waals surface area contributed by atoms with Crippen LogP contribution < -0.4 is 0 Å². The van der Waals surface area contributed by atoms with Crippen molar-refractivity contribution in [2.24, 2.45) is 5.92 Å². The van der Waals surface area contributed by atoms with E-state index < -0.39 is 11.9 Å². The van der Waals surface area contributed by atoms with Gasteiger partial charge in [-0.2, -0.15) is 5.26 Å². The number of benzene rings is 1. The van der Waals surface area contributed by atoms with Gasteiger partial charge in [-0.1, -0.05) is 19.1 Å². The Morgan fingerprint density at radius 3 is 2.79 bits per heavy atom. The Kier molecular flexibility index (Phi) is 8.52. The zero-order valence-corrected chi connectivity index (χ0v) is 14.2. The van der Waals surface area contributed by atoms with Crippen LogP contribution in [0, 0.1) is 17.2 Å². The summed E-state index contributed by atoms with van der Waals surface area (Å²) in [6.45, 7) is 5.18. The first-order valence-corrected chi connectivity index (χ1v) is 8.05. The van der Waals surface area contributed by atoms with Crippen LogP contribution in [0.2, 0.25) is 0 Å². The van der Waals surface area contributed by atoms with Gasteiger partial charge in [-0.05, 0) is 31.0 Å². The van der Waals surface area contributed by atoms with Gasteiger partial charge >= 0.3 is 5.97 Å². The van der Waals surface area contributed by atoms with Gasteiger partial charge in [-0.3, -0.25) is 9.59 Å². The van der Waals surface area contributed by atoms with E-state index in [2.05, 4.69) is 6.07 Å². The smallest absolute Gasteiger partial charge is 0.308 e. The zero-order chi connectivity index (χ0) is 17.9. The predicted octanol–water partition coefficient (Wildman–Crippen LogP) is 2.34. The van der Waals surface area contributed by atoms with Gasteiger partial charge in [-0.25, -0.2) is 0 Å². The fourth-order valence-corrected chi connectivity index (χ4v) is 2.27. The van der Waals surface area contributed by atoms with Crippen LogP contribution >= 0.6 is 0 Å². The number of nitriles is 1. The molecule has 1 unspecified atom stereocenters. The van der Waals surface area contributed by atoms with Crippen molar-refractivity contribution in [2.45, 2.75) is 26.7 Å². The maximum absolute atomic E-state index is 12.7. The second kappa shape index (κ2) is 10.4. The molecule has 1 amide bonds. The third-order valence-corrected chi connectivity index (χ3v) is 3.58. The summed E-state index contributed by atoms with van der Waals surface area (Å²) in [6.07, 6.45) is 0.876. The number of nitrogens with zero attached hydrogens (tertiary/aromatic N) is 2. The summed E-state index contributed by atoms with van der Waals surface area (Å²) in [7, 11) is 0. The van der Waals surface area contributed by atoms with Crippen LogP contribution in [0.25, 0.3) is 0 Å². The van der Waals surface area contributed by atoms with Gasteiger partial charge in [0.15, 0.2) is 0 Å². The second-order valence-electron chi connectivity index (χ2n) is 5.58. The summed E-state index contributed by atoms with van der Waals surface area (Å²) in [5.74, 6) is -1.81. The first-order chi connectivity index (χ1) is 11.5. The molecule has 0 heterocycles. The first-order valence-electron chi connectivity index (χ1n) is 8.05. The number of carbonyl (C=O) groups is 2. The molecule has 6 heteroatoms. The molecular formula is C18H24N2O4. The van der Waals surface area contributed by atoms with Gasteiger partial charge in [-0.15, -0.1) is 0 Å². The van der Waals surface area contributed by atoms with Crippen molar-refractivity contribution in [1.82, 2.24) is 4.90 Å². The van der Waals surface area contributed by atoms with Crippen molar-refractivity contribution < 1.29 is 19.4 Å². The molecule has 0 aliphatic rings. The zero-order valence-electron chi connectivity index (χ0n) is 14.2. The fourth-order valence-electron chi connectivity index (χ4n) is 2.27. The van der Waals surface area contributed by atoms with Crippen molar-refractivity contribution in [1.29, 1.82) is 5.26 Å². The van der Waals surface area contributed by atoms with E-state index in [0.29, 0.717) is 31.7 Å². The molecule has 0 saturated carbocycles. The number of carboxylic acids is 1. The summed E-state index contributed by atoms with van der Waals surface area (Å²) in [6, 6.07) is 8.95. The summed E-state index contributed by atoms with van der Waals surface area (Å²) in [5.41, 5.74) is 1.24. The molecule has 1 atom stereocenters. The lowest BCUT2D eigenvalue weighted by Gasteiger charge is -2.25. The molecule has 0 aliphatic heterocycles. The molecule has 130 valence electrons. The number of aliphatic carboxylic acids is 1. The molecule has 0 bridgehead atoms. The van der Waals surface area contributed by atoms with Gasteiger partial charge in [0.05, 0.1) is 18.4 Å². The van der Waals surface area contributed by atoms with Crippen molar-refractivity contribution in [3.05, 3.63) is 35.4 Å². The number of carbonyl (C=O) groups excluding carboxylic acids is 1. The molecule has 1 N–H and O–H groups in total. The van der Waals surface area contributed by atoms with Crippen LogP contribution in [0.5, 0.6) is 0 Å². The highest BCUT2D eigenvalue weighted by Gasteiger charge is 2.21. The third kappa shape index (κ3) is 6.39. The van der Waals surface area contributed by atoms with Crippen LogP contribution in [0.3, 0.4) is 0 Å². The van der Waals surface area contributed by atoms with E-state index in [1.807, 2.05) is 6.92 Å². The van der Waals surface area contributed by atoms with E-state index >= 15 is 0 Å². The van der Waals surface area contributed by atoms with Crippen molar-refractivity contribution in [3.63, 3.8) is 0 Å². The monoisotopic (exact) mass is 332 g/mol. The lowest BCUT2D eigenvalue weighted by molar-refractivity contribution is -0.141. The summed E-state index contributed by atoms with van der Waals surface area (Å²) in [5, 5.41) is 17.9. The summed E-state index contributed by atoms with van der Waals surface area (Å²) < 4.78 is 5.28.